The second kappa shape index (κ2) is 20.5. The standard InChI is InChI=1S/C53H57N9O5S2/c1-34-46(69-33-56-34)38-14-12-35(13-15-38)30-55-48(64)43-11-8-23-61(43)51(67)47(53(2,3)4)57-44(63)32-59-24-26-60(27-25-59)41-20-18-36(19-21-41)39-16-17-40-31-62(50(66)42(40)29-39)45(37-9-6-5-7-10-37)49(65)58-52-54-22-28-68-52/h5-7,9-10,12-22,28-29,33,43,45,47H,8,11,23-27,30-32H2,1-4H3,(H,55,64)(H,57,63)(H,54,58,65)/t43-,45?,47+/m1/s1. The first-order valence-corrected chi connectivity index (χ1v) is 25.2. The Morgan fingerprint density at radius 2 is 1.55 bits per heavy atom. The van der Waals surface area contributed by atoms with E-state index in [-0.39, 0.29) is 36.1 Å². The number of benzene rings is 4. The van der Waals surface area contributed by atoms with Crippen LogP contribution >= 0.6 is 22.7 Å². The van der Waals surface area contributed by atoms with Crippen LogP contribution in [0.25, 0.3) is 21.6 Å². The molecule has 14 nitrogen and oxygen atoms in total. The molecule has 69 heavy (non-hydrogen) atoms. The van der Waals surface area contributed by atoms with Gasteiger partial charge < -0.3 is 25.3 Å². The fraction of sp³-hybridized carbons (Fsp3) is 0.340. The number of aryl methyl sites for hydroxylation is 1. The Kier molecular flexibility index (Phi) is 14.0. The number of hydrogen-bond acceptors (Lipinski definition) is 11. The monoisotopic (exact) mass is 963 g/mol. The summed E-state index contributed by atoms with van der Waals surface area (Å²) in [6.45, 7) is 11.9. The second-order valence-electron chi connectivity index (χ2n) is 19.0. The largest absolute Gasteiger partial charge is 0.369 e. The number of carbonyl (C=O) groups is 5. The number of rotatable bonds is 14. The van der Waals surface area contributed by atoms with Crippen LogP contribution in [0.2, 0.25) is 0 Å². The topological polar surface area (TPSA) is 160 Å². The molecular weight excluding hydrogens is 907 g/mol. The van der Waals surface area contributed by atoms with Gasteiger partial charge in [0.05, 0.1) is 22.6 Å². The number of hydrogen-bond donors (Lipinski definition) is 3. The summed E-state index contributed by atoms with van der Waals surface area (Å²) in [5, 5.41) is 11.3. The molecule has 2 saturated heterocycles. The minimum atomic E-state index is -0.826. The first-order valence-electron chi connectivity index (χ1n) is 23.4. The molecule has 16 heteroatoms. The minimum absolute atomic E-state index is 0.162. The van der Waals surface area contributed by atoms with Crippen molar-refractivity contribution in [1.29, 1.82) is 0 Å². The lowest BCUT2D eigenvalue weighted by molar-refractivity contribution is -0.144. The molecule has 1 unspecified atom stereocenters. The zero-order valence-corrected chi connectivity index (χ0v) is 40.9. The Balaban J connectivity index is 0.767. The molecule has 2 fully saturated rings. The quantitative estimate of drug-likeness (QED) is 0.100. The third kappa shape index (κ3) is 10.6. The van der Waals surface area contributed by atoms with Gasteiger partial charge in [0, 0.05) is 68.6 Å². The summed E-state index contributed by atoms with van der Waals surface area (Å²) in [6.07, 6.45) is 2.91. The van der Waals surface area contributed by atoms with E-state index in [9.17, 15) is 24.0 Å². The van der Waals surface area contributed by atoms with Gasteiger partial charge in [-0.25, -0.2) is 9.97 Å². The van der Waals surface area contributed by atoms with Crippen molar-refractivity contribution < 1.29 is 24.0 Å². The number of anilines is 2. The zero-order chi connectivity index (χ0) is 48.2. The van der Waals surface area contributed by atoms with E-state index < -0.39 is 23.5 Å². The molecule has 0 spiro atoms. The molecule has 356 valence electrons. The van der Waals surface area contributed by atoms with Gasteiger partial charge in [-0.05, 0) is 76.8 Å². The Bertz CT molecular complexity index is 2800. The van der Waals surface area contributed by atoms with Crippen LogP contribution in [0.15, 0.2) is 114 Å². The lowest BCUT2D eigenvalue weighted by Crippen LogP contribution is -2.59. The highest BCUT2D eigenvalue weighted by Crippen LogP contribution is 2.36. The molecule has 3 aliphatic heterocycles. The predicted octanol–water partition coefficient (Wildman–Crippen LogP) is 7.54. The fourth-order valence-electron chi connectivity index (χ4n) is 9.49. The summed E-state index contributed by atoms with van der Waals surface area (Å²) in [5.74, 6) is -1.15. The molecule has 5 heterocycles. The van der Waals surface area contributed by atoms with Gasteiger partial charge >= 0.3 is 0 Å². The van der Waals surface area contributed by atoms with Gasteiger partial charge in [0.1, 0.15) is 18.1 Å². The van der Waals surface area contributed by atoms with Crippen molar-refractivity contribution in [2.24, 2.45) is 5.41 Å². The van der Waals surface area contributed by atoms with Crippen molar-refractivity contribution in [2.45, 2.75) is 71.8 Å². The van der Waals surface area contributed by atoms with Crippen LogP contribution in [-0.4, -0.2) is 106 Å². The highest BCUT2D eigenvalue weighted by atomic mass is 32.1. The third-order valence-corrected chi connectivity index (χ3v) is 14.9. The maximum absolute atomic E-state index is 14.2. The van der Waals surface area contributed by atoms with Crippen molar-refractivity contribution in [1.82, 2.24) is 35.3 Å². The molecule has 0 bridgehead atoms. The number of carbonyl (C=O) groups excluding carboxylic acids is 5. The smallest absolute Gasteiger partial charge is 0.255 e. The number of piperazine rings is 1. The van der Waals surface area contributed by atoms with Crippen LogP contribution in [-0.2, 0) is 32.3 Å². The van der Waals surface area contributed by atoms with Gasteiger partial charge in [-0.2, -0.15) is 0 Å². The van der Waals surface area contributed by atoms with E-state index >= 15 is 0 Å². The SMILES string of the molecule is Cc1ncsc1-c1ccc(CNC(=O)[C@H]2CCCN2C(=O)[C@H](NC(=O)CN2CCN(c3ccc(-c4ccc5c(c4)C(=O)N(C(C(=O)Nc4nccs4)c4ccccc4)C5)cc3)CC2)C(C)(C)C)cc1. The summed E-state index contributed by atoms with van der Waals surface area (Å²) in [5.41, 5.74) is 9.41. The summed E-state index contributed by atoms with van der Waals surface area (Å²) in [6, 6.07) is 29.4. The van der Waals surface area contributed by atoms with Crippen molar-refractivity contribution in [3.8, 4) is 21.6 Å². The zero-order valence-electron chi connectivity index (χ0n) is 39.3. The predicted molar refractivity (Wildman–Crippen MR) is 271 cm³/mol. The number of likely N-dealkylation sites (tertiary alicyclic amines) is 1. The Morgan fingerprint density at radius 3 is 2.23 bits per heavy atom. The number of fused-ring (bicyclic) bond motifs is 1. The first-order chi connectivity index (χ1) is 33.3. The van der Waals surface area contributed by atoms with Gasteiger partial charge in [-0.15, -0.1) is 22.7 Å². The molecule has 6 aromatic rings. The van der Waals surface area contributed by atoms with E-state index in [4.69, 9.17) is 0 Å². The van der Waals surface area contributed by atoms with Crippen LogP contribution in [0.4, 0.5) is 10.8 Å². The van der Waals surface area contributed by atoms with E-state index in [0.29, 0.717) is 56.3 Å². The van der Waals surface area contributed by atoms with E-state index in [2.05, 4.69) is 60.0 Å². The summed E-state index contributed by atoms with van der Waals surface area (Å²) in [4.78, 5) is 86.4. The molecule has 4 aromatic carbocycles. The average molecular weight is 964 g/mol. The van der Waals surface area contributed by atoms with Gasteiger partial charge in [-0.3, -0.25) is 34.2 Å². The lowest BCUT2D eigenvalue weighted by Gasteiger charge is -2.37. The Labute approximate surface area is 410 Å². The fourth-order valence-corrected chi connectivity index (χ4v) is 10.8. The molecule has 0 aliphatic carbocycles. The third-order valence-electron chi connectivity index (χ3n) is 13.3. The highest BCUT2D eigenvalue weighted by molar-refractivity contribution is 7.14. The number of nitrogens with zero attached hydrogens (tertiary/aromatic N) is 6. The van der Waals surface area contributed by atoms with Crippen molar-refractivity contribution in [2.75, 3.05) is 49.5 Å². The molecule has 5 amide bonds. The first kappa shape index (κ1) is 47.3. The van der Waals surface area contributed by atoms with Crippen LogP contribution in [0, 0.1) is 12.3 Å². The molecule has 0 saturated carbocycles. The number of nitrogens with one attached hydrogen (secondary N) is 3. The number of aromatic nitrogens is 2. The van der Waals surface area contributed by atoms with E-state index in [1.165, 1.54) is 11.3 Å². The summed E-state index contributed by atoms with van der Waals surface area (Å²) < 4.78 is 0. The summed E-state index contributed by atoms with van der Waals surface area (Å²) >= 11 is 2.93. The molecule has 3 atom stereocenters. The van der Waals surface area contributed by atoms with Gasteiger partial charge in [0.15, 0.2) is 5.13 Å². The van der Waals surface area contributed by atoms with Crippen LogP contribution in [0.5, 0.6) is 0 Å². The molecule has 3 aliphatic rings. The van der Waals surface area contributed by atoms with Crippen molar-refractivity contribution >= 4 is 63.0 Å². The number of thiazole rings is 2. The van der Waals surface area contributed by atoms with E-state index in [0.717, 1.165) is 62.7 Å². The van der Waals surface area contributed by atoms with Crippen molar-refractivity contribution in [3.05, 3.63) is 142 Å². The molecular formula is C53H57N9O5S2. The highest BCUT2D eigenvalue weighted by Gasteiger charge is 2.42. The van der Waals surface area contributed by atoms with Crippen LogP contribution in [0.3, 0.4) is 0 Å². The normalized spacial score (nSPS) is 17.1. The van der Waals surface area contributed by atoms with E-state index in [1.807, 2.05) is 106 Å². The number of amides is 5. The minimum Gasteiger partial charge on any atom is -0.369 e. The van der Waals surface area contributed by atoms with Crippen LogP contribution in [0.1, 0.15) is 72.4 Å². The molecule has 2 aromatic heterocycles. The summed E-state index contributed by atoms with van der Waals surface area (Å²) in [7, 11) is 0. The average Bonchev–Trinajstić information content (AvgIpc) is 4.20. The lowest BCUT2D eigenvalue weighted by atomic mass is 9.85. The Hall–Kier alpha value is -6.75. The Morgan fingerprint density at radius 1 is 0.826 bits per heavy atom. The molecule has 9 rings (SSSR count). The van der Waals surface area contributed by atoms with Gasteiger partial charge in [-0.1, -0.05) is 99.6 Å². The molecule has 0 radical (unpaired) electrons. The molecule has 3 N–H and O–H groups in total. The maximum atomic E-state index is 14.2. The van der Waals surface area contributed by atoms with E-state index in [1.54, 1.807) is 32.7 Å². The second-order valence-corrected chi connectivity index (χ2v) is 20.7. The van der Waals surface area contributed by atoms with Crippen LogP contribution < -0.4 is 20.9 Å². The van der Waals surface area contributed by atoms with Crippen molar-refractivity contribution in [3.63, 3.8) is 0 Å². The maximum Gasteiger partial charge on any atom is 0.255 e. The van der Waals surface area contributed by atoms with Gasteiger partial charge in [0.2, 0.25) is 17.7 Å². The van der Waals surface area contributed by atoms with Gasteiger partial charge in [0.25, 0.3) is 11.8 Å².